The Hall–Kier alpha value is -2.87. The molecule has 1 unspecified atom stereocenters. The van der Waals surface area contributed by atoms with E-state index in [0.717, 1.165) is 0 Å². The predicted molar refractivity (Wildman–Crippen MR) is 128 cm³/mol. The Bertz CT molecular complexity index is 1310. The first kappa shape index (κ1) is 23.3. The van der Waals surface area contributed by atoms with E-state index in [9.17, 15) is 19.1 Å². The van der Waals surface area contributed by atoms with Crippen LogP contribution in [-0.2, 0) is 9.59 Å². The van der Waals surface area contributed by atoms with E-state index in [0.29, 0.717) is 26.4 Å². The van der Waals surface area contributed by atoms with E-state index in [4.69, 9.17) is 27.9 Å². The molecule has 0 spiro atoms. The van der Waals surface area contributed by atoms with Gasteiger partial charge < -0.3 is 9.84 Å². The van der Waals surface area contributed by atoms with Crippen molar-refractivity contribution < 1.29 is 23.8 Å². The van der Waals surface area contributed by atoms with Crippen LogP contribution in [0.15, 0.2) is 70.7 Å². The number of rotatable bonds is 4. The molecular formula is C24H15BrCl2FNO4. The zero-order chi connectivity index (χ0) is 23.9. The number of aliphatic hydroxyl groups excluding tert-OH is 1. The number of methoxy groups -OCH3 is 1. The topological polar surface area (TPSA) is 66.8 Å². The van der Waals surface area contributed by atoms with E-state index in [2.05, 4.69) is 15.9 Å². The molecule has 1 heterocycles. The fraction of sp³-hybridized carbons (Fsp3) is 0.0833. The average Bonchev–Trinajstić information content (AvgIpc) is 3.06. The first-order valence-corrected chi connectivity index (χ1v) is 11.1. The molecule has 0 aromatic heterocycles. The lowest BCUT2D eigenvalue weighted by atomic mass is 9.95. The number of amides is 1. The van der Waals surface area contributed by atoms with Crippen LogP contribution in [0.25, 0.3) is 5.76 Å². The molecule has 1 aliphatic rings. The highest BCUT2D eigenvalue weighted by Gasteiger charge is 2.47. The fourth-order valence-electron chi connectivity index (χ4n) is 3.67. The fourth-order valence-corrected chi connectivity index (χ4v) is 4.51. The molecule has 5 nitrogen and oxygen atoms in total. The summed E-state index contributed by atoms with van der Waals surface area (Å²) in [6.07, 6.45) is 0. The van der Waals surface area contributed by atoms with Gasteiger partial charge in [-0.1, -0.05) is 29.3 Å². The number of halogens is 4. The number of aliphatic hydroxyl groups is 1. The number of carbonyl (C=O) groups excluding carboxylic acids is 2. The van der Waals surface area contributed by atoms with Crippen molar-refractivity contribution in [1.29, 1.82) is 0 Å². The molecule has 1 N–H and O–H groups in total. The van der Waals surface area contributed by atoms with Crippen LogP contribution in [0.4, 0.5) is 10.1 Å². The van der Waals surface area contributed by atoms with Crippen molar-refractivity contribution in [2.45, 2.75) is 6.04 Å². The van der Waals surface area contributed by atoms with Gasteiger partial charge in [-0.15, -0.1) is 0 Å². The largest absolute Gasteiger partial charge is 0.507 e. The number of hydrogen-bond acceptors (Lipinski definition) is 4. The smallest absolute Gasteiger partial charge is 0.300 e. The number of hydrogen-bond donors (Lipinski definition) is 1. The molecule has 4 rings (SSSR count). The number of ketones is 1. The van der Waals surface area contributed by atoms with Crippen LogP contribution in [0.1, 0.15) is 17.2 Å². The Morgan fingerprint density at radius 1 is 1.03 bits per heavy atom. The maximum atomic E-state index is 13.5. The summed E-state index contributed by atoms with van der Waals surface area (Å²) in [5.41, 5.74) is 0.885. The highest BCUT2D eigenvalue weighted by atomic mass is 79.9. The Morgan fingerprint density at radius 2 is 1.73 bits per heavy atom. The van der Waals surface area contributed by atoms with Gasteiger partial charge in [-0.05, 0) is 76.1 Å². The van der Waals surface area contributed by atoms with Gasteiger partial charge in [0, 0.05) is 11.3 Å². The molecule has 168 valence electrons. The van der Waals surface area contributed by atoms with E-state index >= 15 is 0 Å². The maximum absolute atomic E-state index is 13.5. The quantitative estimate of drug-likeness (QED) is 0.228. The van der Waals surface area contributed by atoms with E-state index in [1.54, 1.807) is 24.3 Å². The van der Waals surface area contributed by atoms with Crippen molar-refractivity contribution in [2.75, 3.05) is 12.0 Å². The van der Waals surface area contributed by atoms with Gasteiger partial charge in [-0.2, -0.15) is 0 Å². The monoisotopic (exact) mass is 549 g/mol. The molecule has 0 radical (unpaired) electrons. The molecule has 0 saturated carbocycles. The van der Waals surface area contributed by atoms with Crippen molar-refractivity contribution >= 4 is 62.3 Å². The Balaban J connectivity index is 1.95. The van der Waals surface area contributed by atoms with Crippen molar-refractivity contribution in [3.8, 4) is 5.75 Å². The Kier molecular flexibility index (Phi) is 6.47. The third-order valence-corrected chi connectivity index (χ3v) is 6.59. The van der Waals surface area contributed by atoms with Gasteiger partial charge in [-0.25, -0.2) is 4.39 Å². The molecule has 1 atom stereocenters. The summed E-state index contributed by atoms with van der Waals surface area (Å²) in [5, 5.41) is 11.7. The molecular weight excluding hydrogens is 536 g/mol. The molecule has 3 aromatic carbocycles. The van der Waals surface area contributed by atoms with Gasteiger partial charge in [0.15, 0.2) is 0 Å². The number of ether oxygens (including phenoxy) is 1. The Labute approximate surface area is 207 Å². The van der Waals surface area contributed by atoms with Crippen LogP contribution in [0.5, 0.6) is 5.75 Å². The summed E-state index contributed by atoms with van der Waals surface area (Å²) >= 11 is 15.6. The van der Waals surface area contributed by atoms with E-state index < -0.39 is 23.5 Å². The molecule has 3 aromatic rings. The van der Waals surface area contributed by atoms with Crippen molar-refractivity contribution in [2.24, 2.45) is 0 Å². The van der Waals surface area contributed by atoms with Gasteiger partial charge in [0.1, 0.15) is 17.3 Å². The summed E-state index contributed by atoms with van der Waals surface area (Å²) in [6.45, 7) is 0. The highest BCUT2D eigenvalue weighted by Crippen LogP contribution is 2.43. The van der Waals surface area contributed by atoms with Crippen LogP contribution >= 0.6 is 39.1 Å². The van der Waals surface area contributed by atoms with Gasteiger partial charge in [-0.3, -0.25) is 14.5 Å². The van der Waals surface area contributed by atoms with Crippen LogP contribution in [0.3, 0.4) is 0 Å². The summed E-state index contributed by atoms with van der Waals surface area (Å²) in [4.78, 5) is 27.4. The van der Waals surface area contributed by atoms with Crippen LogP contribution in [-0.4, -0.2) is 23.9 Å². The number of benzene rings is 3. The van der Waals surface area contributed by atoms with Crippen LogP contribution in [0, 0.1) is 5.82 Å². The summed E-state index contributed by atoms with van der Waals surface area (Å²) in [5.74, 6) is -2.10. The number of carbonyl (C=O) groups is 2. The third-order valence-electron chi connectivity index (χ3n) is 5.23. The average molecular weight is 551 g/mol. The third kappa shape index (κ3) is 4.24. The molecule has 1 amide bonds. The van der Waals surface area contributed by atoms with Gasteiger partial charge >= 0.3 is 0 Å². The molecule has 9 heteroatoms. The molecule has 1 saturated heterocycles. The maximum Gasteiger partial charge on any atom is 0.300 e. The standard InChI is InChI=1S/C24H15BrCl2FNO4/c1-33-19-9-3-13(10-16(19)25)22(30)20-21(12-2-8-17(26)18(27)11-12)29(24(32)23(20)31)15-6-4-14(28)5-7-15/h2-11,21,30H,1H3/b22-20-. The van der Waals surface area contributed by atoms with E-state index in [-0.39, 0.29) is 22.0 Å². The van der Waals surface area contributed by atoms with Crippen molar-refractivity contribution in [3.63, 3.8) is 0 Å². The SMILES string of the molecule is COc1ccc(/C(O)=C2/C(=O)C(=O)N(c3ccc(F)cc3)C2c2ccc(Cl)c(Cl)c2)cc1Br. The second kappa shape index (κ2) is 9.17. The van der Waals surface area contributed by atoms with Gasteiger partial charge in [0.25, 0.3) is 11.7 Å². The number of nitrogens with zero attached hydrogens (tertiary/aromatic N) is 1. The molecule has 1 fully saturated rings. The van der Waals surface area contributed by atoms with E-state index in [1.165, 1.54) is 48.4 Å². The van der Waals surface area contributed by atoms with Crippen molar-refractivity contribution in [1.82, 2.24) is 0 Å². The lowest BCUT2D eigenvalue weighted by molar-refractivity contribution is -0.132. The zero-order valence-electron chi connectivity index (χ0n) is 17.0. The minimum atomic E-state index is -1.02. The lowest BCUT2D eigenvalue weighted by Crippen LogP contribution is -2.29. The van der Waals surface area contributed by atoms with Crippen molar-refractivity contribution in [3.05, 3.63) is 97.7 Å². The second-order valence-corrected chi connectivity index (χ2v) is 8.84. The number of anilines is 1. The van der Waals surface area contributed by atoms with Gasteiger partial charge in [0.2, 0.25) is 0 Å². The predicted octanol–water partition coefficient (Wildman–Crippen LogP) is 6.53. The molecule has 1 aliphatic heterocycles. The lowest BCUT2D eigenvalue weighted by Gasteiger charge is -2.25. The van der Waals surface area contributed by atoms with Crippen LogP contribution < -0.4 is 9.64 Å². The first-order valence-electron chi connectivity index (χ1n) is 9.58. The normalized spacial score (nSPS) is 17.5. The summed E-state index contributed by atoms with van der Waals surface area (Å²) < 4.78 is 19.3. The zero-order valence-corrected chi connectivity index (χ0v) is 20.1. The summed E-state index contributed by atoms with van der Waals surface area (Å²) in [6, 6.07) is 13.5. The first-order chi connectivity index (χ1) is 15.7. The second-order valence-electron chi connectivity index (χ2n) is 7.17. The minimum Gasteiger partial charge on any atom is -0.507 e. The highest BCUT2D eigenvalue weighted by molar-refractivity contribution is 9.10. The molecule has 33 heavy (non-hydrogen) atoms. The molecule has 0 bridgehead atoms. The van der Waals surface area contributed by atoms with E-state index in [1.807, 2.05) is 0 Å². The summed E-state index contributed by atoms with van der Waals surface area (Å²) in [7, 11) is 1.50. The number of Topliss-reactive ketones (excluding diaryl/α,β-unsaturated/α-hetero) is 1. The Morgan fingerprint density at radius 3 is 2.33 bits per heavy atom. The minimum absolute atomic E-state index is 0.139. The van der Waals surface area contributed by atoms with Gasteiger partial charge in [0.05, 0.1) is 33.2 Å². The van der Waals surface area contributed by atoms with Crippen LogP contribution in [0.2, 0.25) is 10.0 Å². The molecule has 0 aliphatic carbocycles.